The highest BCUT2D eigenvalue weighted by molar-refractivity contribution is 5.75. The normalized spacial score (nSPS) is 43.5. The summed E-state index contributed by atoms with van der Waals surface area (Å²) in [6, 6.07) is -8.87. The topological polar surface area (TPSA) is 600 Å². The van der Waals surface area contributed by atoms with Gasteiger partial charge in [0, 0.05) is 34.6 Å². The Balaban J connectivity index is 1.38. The van der Waals surface area contributed by atoms with Gasteiger partial charge < -0.3 is 170 Å². The molecule has 39 heteroatoms. The fraction of sp³-hybridized carbons (Fsp3) is 0.904. The first kappa shape index (κ1) is 76.2. The molecule has 0 radical (unpaired) electrons. The van der Waals surface area contributed by atoms with Crippen molar-refractivity contribution in [2.24, 2.45) is 0 Å². The summed E-state index contributed by atoms with van der Waals surface area (Å²) in [6.45, 7) is 1.20. The molecule has 6 rings (SSSR count). The van der Waals surface area contributed by atoms with Crippen molar-refractivity contribution in [2.75, 3.05) is 39.6 Å². The molecule has 39 nitrogen and oxygen atoms in total. The van der Waals surface area contributed by atoms with Gasteiger partial charge in [-0.3, -0.25) is 24.0 Å². The molecule has 0 aromatic rings. The monoisotopic (exact) mass is 1330 g/mol. The average Bonchev–Trinajstić information content (AvgIpc) is 0.785. The lowest BCUT2D eigenvalue weighted by Crippen LogP contribution is -2.71. The van der Waals surface area contributed by atoms with E-state index in [0.717, 1.165) is 34.6 Å². The minimum absolute atomic E-state index is 0.788. The summed E-state index contributed by atoms with van der Waals surface area (Å²) in [6.07, 6.45) is -54.9. The minimum atomic E-state index is -2.44. The van der Waals surface area contributed by atoms with Crippen LogP contribution >= 0.6 is 0 Å². The molecule has 0 aliphatic carbocycles. The van der Waals surface area contributed by atoms with Gasteiger partial charge >= 0.3 is 0 Å². The van der Waals surface area contributed by atoms with Gasteiger partial charge in [0.1, 0.15) is 152 Å². The molecule has 91 heavy (non-hydrogen) atoms. The van der Waals surface area contributed by atoms with Crippen LogP contribution in [0.4, 0.5) is 0 Å². The van der Waals surface area contributed by atoms with Crippen molar-refractivity contribution in [3.63, 3.8) is 0 Å². The van der Waals surface area contributed by atoms with E-state index in [1.165, 1.54) is 13.8 Å². The molecule has 0 spiro atoms. The third-order valence-corrected chi connectivity index (χ3v) is 16.1. The third kappa shape index (κ3) is 18.2. The lowest BCUT2D eigenvalue weighted by atomic mass is 9.93. The number of ether oxygens (including phenoxy) is 12. The highest BCUT2D eigenvalue weighted by Crippen LogP contribution is 2.37. The largest absolute Gasteiger partial charge is 0.394 e. The highest BCUT2D eigenvalue weighted by Gasteiger charge is 2.59. The van der Waals surface area contributed by atoms with E-state index in [1.807, 2.05) is 0 Å². The lowest BCUT2D eigenvalue weighted by Gasteiger charge is -2.51. The van der Waals surface area contributed by atoms with Gasteiger partial charge in [-0.05, 0) is 13.8 Å². The molecule has 5 amide bonds. The molecular weight excluding hydrogens is 1240 g/mol. The fourth-order valence-electron chi connectivity index (χ4n) is 11.4. The Labute approximate surface area is 519 Å². The lowest BCUT2D eigenvalue weighted by molar-refractivity contribution is -0.371. The molecule has 6 fully saturated rings. The van der Waals surface area contributed by atoms with E-state index in [-0.39, 0.29) is 0 Å². The Morgan fingerprint density at radius 3 is 1.11 bits per heavy atom. The van der Waals surface area contributed by atoms with Crippen molar-refractivity contribution < 1.29 is 168 Å². The number of carbonyl (C=O) groups is 5. The smallest absolute Gasteiger partial charge is 0.217 e. The van der Waals surface area contributed by atoms with E-state index in [0.29, 0.717) is 0 Å². The second-order valence-electron chi connectivity index (χ2n) is 23.0. The van der Waals surface area contributed by atoms with Crippen molar-refractivity contribution >= 4 is 29.5 Å². The van der Waals surface area contributed by atoms with E-state index in [2.05, 4.69) is 26.6 Å². The van der Waals surface area contributed by atoms with Crippen LogP contribution in [0.2, 0.25) is 0 Å². The third-order valence-electron chi connectivity index (χ3n) is 16.1. The number of aliphatic hydroxyl groups excluding tert-OH is 17. The van der Waals surface area contributed by atoms with Gasteiger partial charge in [-0.2, -0.15) is 0 Å². The quantitative estimate of drug-likeness (QED) is 0.0382. The van der Waals surface area contributed by atoms with Crippen LogP contribution in [0, 0.1) is 0 Å². The molecule has 0 aromatic heterocycles. The summed E-state index contributed by atoms with van der Waals surface area (Å²) in [7, 11) is 0. The van der Waals surface area contributed by atoms with Crippen LogP contribution in [0.3, 0.4) is 0 Å². The molecular formula is C52H89N5O34. The van der Waals surface area contributed by atoms with Gasteiger partial charge in [0.25, 0.3) is 0 Å². The summed E-state index contributed by atoms with van der Waals surface area (Å²) in [5.41, 5.74) is 0. The van der Waals surface area contributed by atoms with Crippen molar-refractivity contribution in [1.29, 1.82) is 0 Å². The Morgan fingerprint density at radius 1 is 0.396 bits per heavy atom. The Morgan fingerprint density at radius 2 is 0.747 bits per heavy atom. The van der Waals surface area contributed by atoms with E-state index in [4.69, 9.17) is 56.8 Å². The molecule has 34 atom stereocenters. The summed E-state index contributed by atoms with van der Waals surface area (Å²) >= 11 is 0. The number of amides is 5. The van der Waals surface area contributed by atoms with Crippen LogP contribution in [0.1, 0.15) is 48.5 Å². The van der Waals surface area contributed by atoms with E-state index < -0.39 is 278 Å². The van der Waals surface area contributed by atoms with E-state index in [1.54, 1.807) is 0 Å². The van der Waals surface area contributed by atoms with Crippen molar-refractivity contribution in [3.05, 3.63) is 0 Å². The van der Waals surface area contributed by atoms with Crippen molar-refractivity contribution in [1.82, 2.24) is 26.6 Å². The van der Waals surface area contributed by atoms with Gasteiger partial charge in [0.2, 0.25) is 29.5 Å². The first-order chi connectivity index (χ1) is 42.8. The van der Waals surface area contributed by atoms with E-state index in [9.17, 15) is 111 Å². The number of rotatable bonds is 26. The number of carbonyl (C=O) groups excluding carboxylic acids is 5. The first-order valence-electron chi connectivity index (χ1n) is 29.2. The van der Waals surface area contributed by atoms with Crippen LogP contribution in [0.15, 0.2) is 0 Å². The summed E-state index contributed by atoms with van der Waals surface area (Å²) < 4.78 is 72.6. The molecule has 6 unspecified atom stereocenters. The number of aliphatic hydroxyl groups is 17. The van der Waals surface area contributed by atoms with Crippen LogP contribution < -0.4 is 26.6 Å². The second kappa shape index (κ2) is 33.7. The van der Waals surface area contributed by atoms with Crippen LogP contribution in [-0.2, 0) is 80.8 Å². The minimum Gasteiger partial charge on any atom is -0.394 e. The Kier molecular flexibility index (Phi) is 28.2. The predicted octanol–water partition coefficient (Wildman–Crippen LogP) is -13.9. The number of hydrogen-bond acceptors (Lipinski definition) is 34. The predicted molar refractivity (Wildman–Crippen MR) is 289 cm³/mol. The fourth-order valence-corrected chi connectivity index (χ4v) is 11.4. The molecule has 0 saturated carbocycles. The van der Waals surface area contributed by atoms with Crippen molar-refractivity contribution in [3.8, 4) is 0 Å². The molecule has 0 bridgehead atoms. The van der Waals surface area contributed by atoms with Crippen molar-refractivity contribution in [2.45, 2.75) is 257 Å². The standard InChI is InChI=1S/C52H89N5O34/c1-14-31(69)38(76)40(78)51(81-14)90-45-29(56-19(6)66)47(85-25(11-61)43(45)88-48-27(54-17(4)64)36(74)34(72)23(9-59)83-48)80-13-22(68)33(71)42(21(8-58)53-16(3)63)87-50-30(57-20(7)67)46(91-52-41(79)39(77)32(70)15(2)82-52)44(26(12-62)86-50)89-49-28(55-18(5)65)37(75)35(73)24(10-60)84-49/h14-15,21-52,58-62,68-79H,8-13H2,1-7H3,(H,53,63)(H,54,64)(H,55,65)(H,56,66)(H,57,67)/t14-,15-,21-,22+,23+,24+,25+,26+,27+,28+,29+,30+,31+,32+,33-,34-,35-,36+,37+,38+,39+,40-,41-,42+,43+,44+,45+,46+,47?,48?,49?,50?,51?,52?/m0/s1. The van der Waals surface area contributed by atoms with Gasteiger partial charge in [-0.15, -0.1) is 0 Å². The van der Waals surface area contributed by atoms with Crippen LogP contribution in [0.5, 0.6) is 0 Å². The number of hydrogen-bond donors (Lipinski definition) is 22. The van der Waals surface area contributed by atoms with Gasteiger partial charge in [-0.25, -0.2) is 0 Å². The first-order valence-corrected chi connectivity index (χ1v) is 29.2. The maximum Gasteiger partial charge on any atom is 0.217 e. The summed E-state index contributed by atoms with van der Waals surface area (Å²) in [4.78, 5) is 64.1. The molecule has 0 aromatic carbocycles. The van der Waals surface area contributed by atoms with Gasteiger partial charge in [0.05, 0.1) is 57.9 Å². The van der Waals surface area contributed by atoms with Crippen LogP contribution in [0.25, 0.3) is 0 Å². The molecule has 22 N–H and O–H groups in total. The molecule has 6 heterocycles. The SMILES string of the molecule is CC(=O)N[C@@H](CO)[C@@H](OC1O[C@H](CO)[C@@H](OC2O[C@H](CO)[C@H](O)[C@H](O)[C@H]2NC(C)=O)[C@H](OC2O[C@@H](C)[C@@H](O)[C@@H](O)[C@@H]2O)[C@H]1NC(C)=O)[C@@H](O)[C@H](O)COC1O[C@H](CO)[C@@H](OC2O[C@H](CO)[C@H](O)[C@H](O)[C@H]2NC(C)=O)[C@H](OC2O[C@@H](C)[C@@H](O)[C@@H](O)[C@@H]2O)[C@H]1NC(C)=O. The zero-order valence-electron chi connectivity index (χ0n) is 50.4. The Bertz CT molecular complexity index is 2350. The molecule has 6 saturated heterocycles. The van der Waals surface area contributed by atoms with Gasteiger partial charge in [-0.1, -0.05) is 0 Å². The molecule has 6 aliphatic rings. The average molecular weight is 1330 g/mol. The second-order valence-corrected chi connectivity index (χ2v) is 23.0. The summed E-state index contributed by atoms with van der Waals surface area (Å²) in [5, 5.41) is 198. The zero-order chi connectivity index (χ0) is 67.8. The maximum absolute atomic E-state index is 13.3. The maximum atomic E-state index is 13.3. The van der Waals surface area contributed by atoms with Gasteiger partial charge in [0.15, 0.2) is 37.7 Å². The van der Waals surface area contributed by atoms with Crippen LogP contribution in [-0.4, -0.2) is 364 Å². The highest BCUT2D eigenvalue weighted by atomic mass is 16.8. The Hall–Kier alpha value is -3.81. The molecule has 6 aliphatic heterocycles. The molecule has 526 valence electrons. The zero-order valence-corrected chi connectivity index (χ0v) is 50.4. The van der Waals surface area contributed by atoms with E-state index >= 15 is 0 Å². The summed E-state index contributed by atoms with van der Waals surface area (Å²) in [5.74, 6) is -4.30. The number of nitrogens with one attached hydrogen (secondary N) is 5.